The molecular weight excluding hydrogens is 202 g/mol. The van der Waals surface area contributed by atoms with E-state index in [9.17, 15) is 4.39 Å². The maximum atomic E-state index is 12.8. The summed E-state index contributed by atoms with van der Waals surface area (Å²) >= 11 is 0. The van der Waals surface area contributed by atoms with Gasteiger partial charge in [-0.05, 0) is 6.42 Å². The van der Waals surface area contributed by atoms with Gasteiger partial charge in [0.15, 0.2) is 0 Å². The van der Waals surface area contributed by atoms with Crippen LogP contribution in [0.15, 0.2) is 0 Å². The molecule has 2 atom stereocenters. The molecule has 2 rings (SSSR count). The average Bonchev–Trinajstić information content (AvgIpc) is 2.27. The Balaban J connectivity index is 0.000000605. The highest BCUT2D eigenvalue weighted by molar-refractivity contribution is 5.85. The van der Waals surface area contributed by atoms with Crippen LogP contribution in [0.2, 0.25) is 0 Å². The quantitative estimate of drug-likeness (QED) is 0.647. The fourth-order valence-electron chi connectivity index (χ4n) is 1.90. The smallest absolute Gasteiger partial charge is 0.114 e. The number of piperazine rings is 1. The number of nitrogens with zero attached hydrogens (tertiary/aromatic N) is 1. The molecule has 1 N–H and O–H groups in total. The SMILES string of the molecule is Cl.Cl.F[C@@H]1C[C@@H]2CNCCN2C1. The summed E-state index contributed by atoms with van der Waals surface area (Å²) in [4.78, 5) is 2.25. The Kier molecular flexibility index (Phi) is 5.41. The number of hydrogen-bond acceptors (Lipinski definition) is 2. The predicted molar refractivity (Wildman–Crippen MR) is 52.2 cm³/mol. The lowest BCUT2D eigenvalue weighted by Gasteiger charge is -2.29. The normalized spacial score (nSPS) is 34.8. The van der Waals surface area contributed by atoms with Crippen LogP contribution in [0.5, 0.6) is 0 Å². The maximum absolute atomic E-state index is 12.8. The van der Waals surface area contributed by atoms with Crippen molar-refractivity contribution in [2.24, 2.45) is 0 Å². The third-order valence-corrected chi connectivity index (χ3v) is 2.43. The highest BCUT2D eigenvalue weighted by Crippen LogP contribution is 2.20. The molecule has 0 aromatic rings. The predicted octanol–water partition coefficient (Wildman–Crippen LogP) is 0.846. The molecule has 0 aliphatic carbocycles. The summed E-state index contributed by atoms with van der Waals surface area (Å²) < 4.78 is 12.8. The first-order valence-electron chi connectivity index (χ1n) is 3.95. The zero-order chi connectivity index (χ0) is 6.97. The molecule has 0 unspecified atom stereocenters. The zero-order valence-corrected chi connectivity index (χ0v) is 8.46. The number of nitrogens with one attached hydrogen (secondary N) is 1. The summed E-state index contributed by atoms with van der Waals surface area (Å²) in [6.07, 6.45) is 0.178. The number of rotatable bonds is 0. The molecule has 2 aliphatic rings. The molecule has 0 aromatic heterocycles. The third-order valence-electron chi connectivity index (χ3n) is 2.43. The standard InChI is InChI=1S/C7H13FN2.2ClH/c8-6-3-7-4-9-1-2-10(7)5-6;;/h6-7,9H,1-5H2;2*1H/t6-,7-;;/m1../s1. The van der Waals surface area contributed by atoms with Gasteiger partial charge in [-0.1, -0.05) is 0 Å². The molecule has 0 spiro atoms. The Hall–Kier alpha value is 0.430. The van der Waals surface area contributed by atoms with Crippen molar-refractivity contribution in [3.8, 4) is 0 Å². The molecule has 0 bridgehead atoms. The molecule has 0 amide bonds. The average molecular weight is 217 g/mol. The van der Waals surface area contributed by atoms with Crippen LogP contribution in [-0.2, 0) is 0 Å². The van der Waals surface area contributed by atoms with E-state index in [1.807, 2.05) is 0 Å². The van der Waals surface area contributed by atoms with Gasteiger partial charge < -0.3 is 5.32 Å². The lowest BCUT2D eigenvalue weighted by molar-refractivity contribution is 0.207. The molecule has 5 heteroatoms. The minimum Gasteiger partial charge on any atom is -0.314 e. The molecule has 12 heavy (non-hydrogen) atoms. The number of fused-ring (bicyclic) bond motifs is 1. The largest absolute Gasteiger partial charge is 0.314 e. The molecule has 2 nitrogen and oxygen atoms in total. The lowest BCUT2D eigenvalue weighted by atomic mass is 10.2. The first kappa shape index (κ1) is 12.4. The van der Waals surface area contributed by atoms with Crippen molar-refractivity contribution in [3.63, 3.8) is 0 Å². The lowest BCUT2D eigenvalue weighted by Crippen LogP contribution is -2.47. The number of halogens is 3. The Bertz CT molecular complexity index is 123. The van der Waals surface area contributed by atoms with Crippen molar-refractivity contribution < 1.29 is 4.39 Å². The van der Waals surface area contributed by atoms with Crippen LogP contribution in [0, 0.1) is 0 Å². The van der Waals surface area contributed by atoms with Crippen LogP contribution in [0.1, 0.15) is 6.42 Å². The van der Waals surface area contributed by atoms with Crippen molar-refractivity contribution >= 4 is 24.8 Å². The number of alkyl halides is 1. The van der Waals surface area contributed by atoms with Crippen LogP contribution < -0.4 is 5.32 Å². The van der Waals surface area contributed by atoms with E-state index in [0.717, 1.165) is 26.1 Å². The second-order valence-corrected chi connectivity index (χ2v) is 3.19. The van der Waals surface area contributed by atoms with Crippen LogP contribution in [0.25, 0.3) is 0 Å². The van der Waals surface area contributed by atoms with Crippen molar-refractivity contribution in [1.29, 1.82) is 0 Å². The van der Waals surface area contributed by atoms with Crippen LogP contribution in [0.4, 0.5) is 4.39 Å². The van der Waals surface area contributed by atoms with Crippen molar-refractivity contribution in [1.82, 2.24) is 10.2 Å². The minimum absolute atomic E-state index is 0. The first-order valence-corrected chi connectivity index (χ1v) is 3.95. The summed E-state index contributed by atoms with van der Waals surface area (Å²) in [5.41, 5.74) is 0. The Morgan fingerprint density at radius 2 is 2.08 bits per heavy atom. The van der Waals surface area contributed by atoms with E-state index in [1.165, 1.54) is 0 Å². The van der Waals surface area contributed by atoms with Gasteiger partial charge in [-0.15, -0.1) is 24.8 Å². The maximum Gasteiger partial charge on any atom is 0.114 e. The van der Waals surface area contributed by atoms with Crippen molar-refractivity contribution in [2.45, 2.75) is 18.6 Å². The zero-order valence-electron chi connectivity index (χ0n) is 6.83. The van der Waals surface area contributed by atoms with E-state index in [-0.39, 0.29) is 24.8 Å². The third kappa shape index (κ3) is 2.46. The van der Waals surface area contributed by atoms with Crippen LogP contribution in [0.3, 0.4) is 0 Å². The van der Waals surface area contributed by atoms with Gasteiger partial charge in [0.25, 0.3) is 0 Å². The molecule has 2 fully saturated rings. The van der Waals surface area contributed by atoms with Gasteiger partial charge in [-0.25, -0.2) is 4.39 Å². The first-order chi connectivity index (χ1) is 4.86. The second-order valence-electron chi connectivity index (χ2n) is 3.19. The van der Waals surface area contributed by atoms with E-state index in [1.54, 1.807) is 0 Å². The number of hydrogen-bond donors (Lipinski definition) is 1. The van der Waals surface area contributed by atoms with E-state index in [2.05, 4.69) is 10.2 Å². The van der Waals surface area contributed by atoms with E-state index < -0.39 is 6.17 Å². The fraction of sp³-hybridized carbons (Fsp3) is 1.00. The van der Waals surface area contributed by atoms with E-state index >= 15 is 0 Å². The van der Waals surface area contributed by atoms with Gasteiger partial charge in [0.2, 0.25) is 0 Å². The van der Waals surface area contributed by atoms with Crippen LogP contribution >= 0.6 is 24.8 Å². The van der Waals surface area contributed by atoms with Crippen molar-refractivity contribution in [3.05, 3.63) is 0 Å². The molecule has 74 valence electrons. The summed E-state index contributed by atoms with van der Waals surface area (Å²) in [5.74, 6) is 0. The molecule has 0 radical (unpaired) electrons. The van der Waals surface area contributed by atoms with Gasteiger partial charge in [0, 0.05) is 32.2 Å². The van der Waals surface area contributed by atoms with Crippen LogP contribution in [-0.4, -0.2) is 43.3 Å². The molecular formula is C7H15Cl2FN2. The summed E-state index contributed by atoms with van der Waals surface area (Å²) in [6, 6.07) is 0.490. The Morgan fingerprint density at radius 1 is 1.33 bits per heavy atom. The topological polar surface area (TPSA) is 15.3 Å². The Labute approximate surface area is 84.7 Å². The molecule has 2 aliphatic heterocycles. The summed E-state index contributed by atoms with van der Waals surface area (Å²) in [5, 5.41) is 3.27. The molecule has 2 heterocycles. The molecule has 0 aromatic carbocycles. The van der Waals surface area contributed by atoms with Gasteiger partial charge >= 0.3 is 0 Å². The van der Waals surface area contributed by atoms with E-state index in [0.29, 0.717) is 12.6 Å². The summed E-state index contributed by atoms with van der Waals surface area (Å²) in [6.45, 7) is 3.72. The second kappa shape index (κ2) is 5.22. The highest BCUT2D eigenvalue weighted by Gasteiger charge is 2.32. The fourth-order valence-corrected chi connectivity index (χ4v) is 1.90. The Morgan fingerprint density at radius 3 is 2.75 bits per heavy atom. The highest BCUT2D eigenvalue weighted by atomic mass is 35.5. The minimum atomic E-state index is -0.565. The monoisotopic (exact) mass is 216 g/mol. The molecule has 2 saturated heterocycles. The van der Waals surface area contributed by atoms with E-state index in [4.69, 9.17) is 0 Å². The summed E-state index contributed by atoms with van der Waals surface area (Å²) in [7, 11) is 0. The molecule has 0 saturated carbocycles. The van der Waals surface area contributed by atoms with Gasteiger partial charge in [-0.2, -0.15) is 0 Å². The van der Waals surface area contributed by atoms with Gasteiger partial charge in [-0.3, -0.25) is 4.90 Å². The van der Waals surface area contributed by atoms with Gasteiger partial charge in [0.05, 0.1) is 0 Å². The van der Waals surface area contributed by atoms with Crippen molar-refractivity contribution in [2.75, 3.05) is 26.2 Å². The van der Waals surface area contributed by atoms with Gasteiger partial charge in [0.1, 0.15) is 6.17 Å².